The second kappa shape index (κ2) is 7.22. The Morgan fingerprint density at radius 3 is 2.67 bits per heavy atom. The molecule has 1 aliphatic heterocycles. The Morgan fingerprint density at radius 2 is 2.05 bits per heavy atom. The van der Waals surface area contributed by atoms with Gasteiger partial charge in [0.1, 0.15) is 6.73 Å². The van der Waals surface area contributed by atoms with Gasteiger partial charge in [-0.25, -0.2) is 0 Å². The fourth-order valence-electron chi connectivity index (χ4n) is 2.72. The third-order valence-electron chi connectivity index (χ3n) is 3.91. The maximum Gasteiger partial charge on any atom is 0.229 e. The summed E-state index contributed by atoms with van der Waals surface area (Å²) in [6, 6.07) is 9.60. The minimum absolute atomic E-state index is 0.00566. The number of benzene rings is 1. The average molecular weight is 290 g/mol. The molecule has 0 aliphatic carbocycles. The van der Waals surface area contributed by atoms with E-state index in [9.17, 15) is 14.7 Å². The van der Waals surface area contributed by atoms with Crippen LogP contribution in [0, 0.1) is 5.92 Å². The Labute approximate surface area is 125 Å². The molecule has 1 saturated heterocycles. The van der Waals surface area contributed by atoms with Crippen molar-refractivity contribution in [2.24, 2.45) is 5.92 Å². The van der Waals surface area contributed by atoms with E-state index in [1.54, 1.807) is 4.90 Å². The summed E-state index contributed by atoms with van der Waals surface area (Å²) >= 11 is 0. The molecule has 2 amide bonds. The molecule has 0 spiro atoms. The maximum atomic E-state index is 12.5. The predicted octanol–water partition coefficient (Wildman–Crippen LogP) is 1.22. The molecular weight excluding hydrogens is 268 g/mol. The summed E-state index contributed by atoms with van der Waals surface area (Å²) in [5.41, 5.74) is 0.985. The summed E-state index contributed by atoms with van der Waals surface area (Å²) in [4.78, 5) is 27.1. The Morgan fingerprint density at radius 1 is 1.33 bits per heavy atom. The molecule has 0 aromatic heterocycles. The second-order valence-corrected chi connectivity index (χ2v) is 5.47. The molecule has 1 aromatic rings. The molecule has 5 heteroatoms. The molecule has 2 rings (SSSR count). The molecule has 1 unspecified atom stereocenters. The third kappa shape index (κ3) is 4.04. The van der Waals surface area contributed by atoms with Crippen molar-refractivity contribution in [1.82, 2.24) is 9.80 Å². The van der Waals surface area contributed by atoms with Crippen LogP contribution >= 0.6 is 0 Å². The van der Waals surface area contributed by atoms with Crippen LogP contribution in [0.3, 0.4) is 0 Å². The fraction of sp³-hybridized carbons (Fsp3) is 0.500. The minimum Gasteiger partial charge on any atom is -0.376 e. The highest BCUT2D eigenvalue weighted by molar-refractivity contribution is 5.80. The minimum atomic E-state index is -0.301. The lowest BCUT2D eigenvalue weighted by atomic mass is 9.96. The quantitative estimate of drug-likeness (QED) is 0.848. The summed E-state index contributed by atoms with van der Waals surface area (Å²) in [7, 11) is 0. The first-order valence-electron chi connectivity index (χ1n) is 7.31. The first-order chi connectivity index (χ1) is 10.1. The number of carbonyl (C=O) groups excluding carboxylic acids is 2. The summed E-state index contributed by atoms with van der Waals surface area (Å²) in [6.07, 6.45) is 1.61. The van der Waals surface area contributed by atoms with E-state index in [4.69, 9.17) is 0 Å². The van der Waals surface area contributed by atoms with Crippen molar-refractivity contribution in [1.29, 1.82) is 0 Å². The van der Waals surface area contributed by atoms with E-state index >= 15 is 0 Å². The van der Waals surface area contributed by atoms with E-state index in [0.717, 1.165) is 24.9 Å². The first kappa shape index (κ1) is 15.5. The molecule has 1 aromatic carbocycles. The van der Waals surface area contributed by atoms with Gasteiger partial charge in [0, 0.05) is 26.6 Å². The highest BCUT2D eigenvalue weighted by Crippen LogP contribution is 2.20. The number of carbonyl (C=O) groups is 2. The van der Waals surface area contributed by atoms with Crippen molar-refractivity contribution in [3.63, 3.8) is 0 Å². The molecule has 0 saturated carbocycles. The Kier molecular flexibility index (Phi) is 5.33. The summed E-state index contributed by atoms with van der Waals surface area (Å²) in [6.45, 7) is 2.80. The van der Waals surface area contributed by atoms with Crippen molar-refractivity contribution in [2.45, 2.75) is 26.3 Å². The number of likely N-dealkylation sites (tertiary alicyclic amines) is 1. The van der Waals surface area contributed by atoms with E-state index in [-0.39, 0.29) is 24.5 Å². The van der Waals surface area contributed by atoms with Gasteiger partial charge < -0.3 is 14.9 Å². The van der Waals surface area contributed by atoms with E-state index in [2.05, 4.69) is 0 Å². The lowest BCUT2D eigenvalue weighted by Gasteiger charge is -2.34. The van der Waals surface area contributed by atoms with Crippen LogP contribution in [0.2, 0.25) is 0 Å². The van der Waals surface area contributed by atoms with Crippen LogP contribution in [0.4, 0.5) is 0 Å². The van der Waals surface area contributed by atoms with Gasteiger partial charge in [0.2, 0.25) is 11.8 Å². The van der Waals surface area contributed by atoms with Gasteiger partial charge in [-0.3, -0.25) is 9.59 Å². The van der Waals surface area contributed by atoms with Gasteiger partial charge in [-0.05, 0) is 18.4 Å². The van der Waals surface area contributed by atoms with Crippen molar-refractivity contribution >= 4 is 11.8 Å². The molecule has 1 aliphatic rings. The molecule has 5 nitrogen and oxygen atoms in total. The molecule has 0 radical (unpaired) electrons. The number of piperidine rings is 1. The van der Waals surface area contributed by atoms with Crippen LogP contribution in [0.15, 0.2) is 30.3 Å². The van der Waals surface area contributed by atoms with Gasteiger partial charge in [-0.2, -0.15) is 0 Å². The molecule has 21 heavy (non-hydrogen) atoms. The number of rotatable bonds is 4. The van der Waals surface area contributed by atoms with Crippen molar-refractivity contribution in [3.8, 4) is 0 Å². The van der Waals surface area contributed by atoms with Gasteiger partial charge in [0.25, 0.3) is 0 Å². The lowest BCUT2D eigenvalue weighted by molar-refractivity contribution is -0.143. The lowest BCUT2D eigenvalue weighted by Crippen LogP contribution is -2.46. The zero-order valence-electron chi connectivity index (χ0n) is 12.4. The summed E-state index contributed by atoms with van der Waals surface area (Å²) < 4.78 is 0. The SMILES string of the molecule is CC(=O)N1CCCC(C(=O)N(CO)Cc2ccccc2)C1. The van der Waals surface area contributed by atoms with Gasteiger partial charge in [-0.1, -0.05) is 30.3 Å². The monoisotopic (exact) mass is 290 g/mol. The average Bonchev–Trinajstić information content (AvgIpc) is 2.53. The van der Waals surface area contributed by atoms with Crippen LogP contribution in [-0.2, 0) is 16.1 Å². The first-order valence-corrected chi connectivity index (χ1v) is 7.31. The number of hydrogen-bond donors (Lipinski definition) is 1. The summed E-state index contributed by atoms with van der Waals surface area (Å²) in [5.74, 6) is -0.281. The molecule has 1 heterocycles. The van der Waals surface area contributed by atoms with Gasteiger partial charge in [-0.15, -0.1) is 0 Å². The largest absolute Gasteiger partial charge is 0.376 e. The number of aliphatic hydroxyl groups excluding tert-OH is 1. The van der Waals surface area contributed by atoms with Gasteiger partial charge in [0.15, 0.2) is 0 Å². The van der Waals surface area contributed by atoms with Crippen molar-refractivity contribution < 1.29 is 14.7 Å². The summed E-state index contributed by atoms with van der Waals surface area (Å²) in [5, 5.41) is 9.49. The second-order valence-electron chi connectivity index (χ2n) is 5.47. The van der Waals surface area contributed by atoms with E-state index in [1.165, 1.54) is 11.8 Å². The topological polar surface area (TPSA) is 60.9 Å². The highest BCUT2D eigenvalue weighted by Gasteiger charge is 2.30. The third-order valence-corrected chi connectivity index (χ3v) is 3.91. The molecule has 1 fully saturated rings. The Bertz CT molecular complexity index is 490. The molecular formula is C16H22N2O3. The zero-order chi connectivity index (χ0) is 15.2. The fourth-order valence-corrected chi connectivity index (χ4v) is 2.72. The van der Waals surface area contributed by atoms with Gasteiger partial charge in [0.05, 0.1) is 5.92 Å². The number of amides is 2. The Balaban J connectivity index is 2.00. The zero-order valence-corrected chi connectivity index (χ0v) is 12.4. The number of nitrogens with zero attached hydrogens (tertiary/aromatic N) is 2. The van der Waals surface area contributed by atoms with E-state index < -0.39 is 0 Å². The van der Waals surface area contributed by atoms with Crippen molar-refractivity contribution in [2.75, 3.05) is 19.8 Å². The highest BCUT2D eigenvalue weighted by atomic mass is 16.3. The van der Waals surface area contributed by atoms with Crippen LogP contribution in [-0.4, -0.2) is 46.5 Å². The smallest absolute Gasteiger partial charge is 0.229 e. The predicted molar refractivity (Wildman–Crippen MR) is 79.1 cm³/mol. The van der Waals surface area contributed by atoms with Crippen LogP contribution in [0.1, 0.15) is 25.3 Å². The maximum absolute atomic E-state index is 12.5. The van der Waals surface area contributed by atoms with Crippen molar-refractivity contribution in [3.05, 3.63) is 35.9 Å². The van der Waals surface area contributed by atoms with Crippen LogP contribution < -0.4 is 0 Å². The van der Waals surface area contributed by atoms with Crippen LogP contribution in [0.25, 0.3) is 0 Å². The normalized spacial score (nSPS) is 18.4. The van der Waals surface area contributed by atoms with E-state index in [1.807, 2.05) is 30.3 Å². The van der Waals surface area contributed by atoms with Gasteiger partial charge >= 0.3 is 0 Å². The molecule has 1 N–H and O–H groups in total. The standard InChI is InChI=1S/C16H22N2O3/c1-13(20)17-9-5-8-15(11-17)16(21)18(12-19)10-14-6-3-2-4-7-14/h2-4,6-7,15,19H,5,8-12H2,1H3. The molecule has 1 atom stereocenters. The Hall–Kier alpha value is -1.88. The van der Waals surface area contributed by atoms with E-state index in [0.29, 0.717) is 13.1 Å². The molecule has 114 valence electrons. The molecule has 0 bridgehead atoms. The number of hydrogen-bond acceptors (Lipinski definition) is 3. The number of aliphatic hydroxyl groups is 1. The van der Waals surface area contributed by atoms with Crippen LogP contribution in [0.5, 0.6) is 0 Å².